The van der Waals surface area contributed by atoms with Crippen LogP contribution in [0.5, 0.6) is 0 Å². The predicted molar refractivity (Wildman–Crippen MR) is 60.2 cm³/mol. The number of Topliss-reactive ketones (excluding diaryl/α,β-unsaturated/α-hetero) is 1. The molecule has 82 valence electrons. The highest BCUT2D eigenvalue weighted by Crippen LogP contribution is 2.34. The quantitative estimate of drug-likeness (QED) is 0.668. The number of carbonyl (C=O) groups is 1. The van der Waals surface area contributed by atoms with E-state index >= 15 is 0 Å². The molecule has 0 radical (unpaired) electrons. The van der Waals surface area contributed by atoms with Gasteiger partial charge in [-0.2, -0.15) is 0 Å². The van der Waals surface area contributed by atoms with Gasteiger partial charge < -0.3 is 0 Å². The molecule has 1 heteroatoms. The molecule has 0 heterocycles. The van der Waals surface area contributed by atoms with Crippen molar-refractivity contribution in [1.29, 1.82) is 0 Å². The van der Waals surface area contributed by atoms with Crippen molar-refractivity contribution >= 4 is 5.78 Å². The SMILES string of the molecule is CC[C@@H]1CCCC[C@@H]1C(=O)[C@@H](C)CC. The van der Waals surface area contributed by atoms with Crippen LogP contribution in [-0.2, 0) is 4.79 Å². The number of hydrogen-bond donors (Lipinski definition) is 0. The third-order valence-corrected chi connectivity index (χ3v) is 3.90. The van der Waals surface area contributed by atoms with Gasteiger partial charge >= 0.3 is 0 Å². The Morgan fingerprint density at radius 3 is 2.50 bits per heavy atom. The second-order valence-corrected chi connectivity index (χ2v) is 4.77. The van der Waals surface area contributed by atoms with E-state index in [4.69, 9.17) is 0 Å². The maximum absolute atomic E-state index is 12.1. The maximum Gasteiger partial charge on any atom is 0.139 e. The standard InChI is InChI=1S/C13H24O/c1-4-10(3)13(14)12-9-7-6-8-11(12)5-2/h10-12H,4-9H2,1-3H3/t10-,11+,12-/m0/s1. The second-order valence-electron chi connectivity index (χ2n) is 4.77. The number of ketones is 1. The van der Waals surface area contributed by atoms with Crippen LogP contribution < -0.4 is 0 Å². The fraction of sp³-hybridized carbons (Fsp3) is 0.923. The van der Waals surface area contributed by atoms with Gasteiger partial charge in [-0.25, -0.2) is 0 Å². The zero-order valence-electron chi connectivity index (χ0n) is 9.88. The smallest absolute Gasteiger partial charge is 0.139 e. The average molecular weight is 196 g/mol. The summed E-state index contributed by atoms with van der Waals surface area (Å²) in [5, 5.41) is 0. The lowest BCUT2D eigenvalue weighted by atomic mass is 9.73. The van der Waals surface area contributed by atoms with Crippen LogP contribution in [0.3, 0.4) is 0 Å². The lowest BCUT2D eigenvalue weighted by Gasteiger charge is -2.31. The average Bonchev–Trinajstić information content (AvgIpc) is 2.26. The van der Waals surface area contributed by atoms with Crippen LogP contribution in [0.2, 0.25) is 0 Å². The third-order valence-electron chi connectivity index (χ3n) is 3.90. The lowest BCUT2D eigenvalue weighted by molar-refractivity contribution is -0.129. The van der Waals surface area contributed by atoms with Gasteiger partial charge in [0.15, 0.2) is 0 Å². The fourth-order valence-electron chi connectivity index (χ4n) is 2.64. The summed E-state index contributed by atoms with van der Waals surface area (Å²) in [4.78, 5) is 12.1. The van der Waals surface area contributed by atoms with Gasteiger partial charge in [-0.15, -0.1) is 0 Å². The topological polar surface area (TPSA) is 17.1 Å². The molecule has 0 amide bonds. The molecule has 14 heavy (non-hydrogen) atoms. The zero-order valence-corrected chi connectivity index (χ0v) is 9.88. The molecule has 0 saturated heterocycles. The molecule has 0 unspecified atom stereocenters. The Balaban J connectivity index is 2.58. The summed E-state index contributed by atoms with van der Waals surface area (Å²) in [5.41, 5.74) is 0. The van der Waals surface area contributed by atoms with Gasteiger partial charge in [0.1, 0.15) is 5.78 Å². The number of hydrogen-bond acceptors (Lipinski definition) is 1. The van der Waals surface area contributed by atoms with Crippen molar-refractivity contribution < 1.29 is 4.79 Å². The van der Waals surface area contributed by atoms with E-state index in [1.807, 2.05) is 0 Å². The van der Waals surface area contributed by atoms with Crippen LogP contribution in [0.25, 0.3) is 0 Å². The van der Waals surface area contributed by atoms with Crippen LogP contribution in [0.1, 0.15) is 59.3 Å². The Morgan fingerprint density at radius 2 is 1.93 bits per heavy atom. The van der Waals surface area contributed by atoms with Crippen LogP contribution in [-0.4, -0.2) is 5.78 Å². The number of carbonyl (C=O) groups excluding carboxylic acids is 1. The molecule has 1 saturated carbocycles. The van der Waals surface area contributed by atoms with Gasteiger partial charge in [0, 0.05) is 11.8 Å². The summed E-state index contributed by atoms with van der Waals surface area (Å²) in [7, 11) is 0. The van der Waals surface area contributed by atoms with Crippen molar-refractivity contribution in [3.63, 3.8) is 0 Å². The fourth-order valence-corrected chi connectivity index (χ4v) is 2.64. The molecule has 0 aromatic rings. The molecule has 3 atom stereocenters. The van der Waals surface area contributed by atoms with Gasteiger partial charge in [0.2, 0.25) is 0 Å². The van der Waals surface area contributed by atoms with E-state index in [-0.39, 0.29) is 5.92 Å². The first-order valence-corrected chi connectivity index (χ1v) is 6.24. The summed E-state index contributed by atoms with van der Waals surface area (Å²) in [6, 6.07) is 0. The molecular weight excluding hydrogens is 172 g/mol. The van der Waals surface area contributed by atoms with E-state index in [9.17, 15) is 4.79 Å². The van der Waals surface area contributed by atoms with E-state index in [0.29, 0.717) is 17.6 Å². The second kappa shape index (κ2) is 5.53. The molecule has 0 aliphatic heterocycles. The first-order chi connectivity index (χ1) is 6.70. The largest absolute Gasteiger partial charge is 0.299 e. The van der Waals surface area contributed by atoms with Crippen LogP contribution >= 0.6 is 0 Å². The number of rotatable bonds is 4. The van der Waals surface area contributed by atoms with Gasteiger partial charge in [-0.3, -0.25) is 4.79 Å². The van der Waals surface area contributed by atoms with Crippen molar-refractivity contribution in [3.8, 4) is 0 Å². The molecule has 0 aromatic carbocycles. The molecule has 0 N–H and O–H groups in total. The summed E-state index contributed by atoms with van der Waals surface area (Å²) in [6.07, 6.45) is 7.23. The summed E-state index contributed by atoms with van der Waals surface area (Å²) in [6.45, 7) is 6.43. The maximum atomic E-state index is 12.1. The molecule has 1 fully saturated rings. The highest BCUT2D eigenvalue weighted by atomic mass is 16.1. The summed E-state index contributed by atoms with van der Waals surface area (Å²) < 4.78 is 0. The summed E-state index contributed by atoms with van der Waals surface area (Å²) in [5.74, 6) is 1.90. The Hall–Kier alpha value is -0.330. The molecule has 1 aliphatic rings. The zero-order chi connectivity index (χ0) is 10.6. The van der Waals surface area contributed by atoms with Gasteiger partial charge in [-0.1, -0.05) is 40.0 Å². The van der Waals surface area contributed by atoms with Crippen molar-refractivity contribution in [3.05, 3.63) is 0 Å². The molecule has 1 nitrogen and oxygen atoms in total. The van der Waals surface area contributed by atoms with Gasteiger partial charge in [0.25, 0.3) is 0 Å². The molecular formula is C13H24O. The molecule has 0 bridgehead atoms. The van der Waals surface area contributed by atoms with Crippen molar-refractivity contribution in [1.82, 2.24) is 0 Å². The first kappa shape index (κ1) is 11.7. The lowest BCUT2D eigenvalue weighted by Crippen LogP contribution is -2.30. The normalized spacial score (nSPS) is 29.9. The monoisotopic (exact) mass is 196 g/mol. The van der Waals surface area contributed by atoms with E-state index in [2.05, 4.69) is 20.8 Å². The third kappa shape index (κ3) is 2.59. The molecule has 1 rings (SSSR count). The molecule has 0 spiro atoms. The highest BCUT2D eigenvalue weighted by Gasteiger charge is 2.31. The van der Waals surface area contributed by atoms with E-state index < -0.39 is 0 Å². The van der Waals surface area contributed by atoms with Gasteiger partial charge in [0.05, 0.1) is 0 Å². The minimum Gasteiger partial charge on any atom is -0.299 e. The van der Waals surface area contributed by atoms with Crippen LogP contribution in [0.4, 0.5) is 0 Å². The molecule has 1 aliphatic carbocycles. The van der Waals surface area contributed by atoms with Crippen LogP contribution in [0, 0.1) is 17.8 Å². The Labute approximate surface area is 88.3 Å². The highest BCUT2D eigenvalue weighted by molar-refractivity contribution is 5.83. The Morgan fingerprint density at radius 1 is 1.29 bits per heavy atom. The van der Waals surface area contributed by atoms with E-state index in [1.54, 1.807) is 0 Å². The van der Waals surface area contributed by atoms with Gasteiger partial charge in [-0.05, 0) is 25.2 Å². The Bertz CT molecular complexity index is 186. The minimum absolute atomic E-state index is 0.284. The predicted octanol–water partition coefficient (Wildman–Crippen LogP) is 3.82. The first-order valence-electron chi connectivity index (χ1n) is 6.24. The Kier molecular flexibility index (Phi) is 4.64. The van der Waals surface area contributed by atoms with Crippen molar-refractivity contribution in [2.45, 2.75) is 59.3 Å². The van der Waals surface area contributed by atoms with E-state index in [0.717, 1.165) is 12.8 Å². The molecule has 0 aromatic heterocycles. The van der Waals surface area contributed by atoms with E-state index in [1.165, 1.54) is 25.7 Å². The van der Waals surface area contributed by atoms with Crippen LogP contribution in [0.15, 0.2) is 0 Å². The summed E-state index contributed by atoms with van der Waals surface area (Å²) >= 11 is 0. The minimum atomic E-state index is 0.284. The van der Waals surface area contributed by atoms with Crippen molar-refractivity contribution in [2.75, 3.05) is 0 Å². The van der Waals surface area contributed by atoms with Crippen molar-refractivity contribution in [2.24, 2.45) is 17.8 Å².